The molecule has 0 fully saturated rings. The summed E-state index contributed by atoms with van der Waals surface area (Å²) in [6.07, 6.45) is 0. The number of hydrogen-bond acceptors (Lipinski definition) is 8. The summed E-state index contributed by atoms with van der Waals surface area (Å²) in [4.78, 5) is 23.0. The highest BCUT2D eigenvalue weighted by Gasteiger charge is 2.23. The Morgan fingerprint density at radius 3 is 2.55 bits per heavy atom. The predicted octanol–water partition coefficient (Wildman–Crippen LogP) is 2.34. The van der Waals surface area contributed by atoms with Gasteiger partial charge in [0, 0.05) is 27.7 Å². The van der Waals surface area contributed by atoms with E-state index in [1.54, 1.807) is 32.2 Å². The standard InChI is InChI=1S/C20H24N4O5S2/c1-12-16-19(29-5)22-15(11-28-4)23-20(16)30-17(12)18(25)21-10-13-8-6-7-9-14(13)31(26,27)24(2)3/h6-9H,10-11H2,1-5H3,(H,21,25). The van der Waals surface area contributed by atoms with Gasteiger partial charge in [0.15, 0.2) is 5.82 Å². The molecule has 0 radical (unpaired) electrons. The summed E-state index contributed by atoms with van der Waals surface area (Å²) >= 11 is 1.23. The minimum Gasteiger partial charge on any atom is -0.480 e. The zero-order chi connectivity index (χ0) is 22.8. The van der Waals surface area contributed by atoms with Crippen LogP contribution in [0, 0.1) is 6.92 Å². The number of aromatic nitrogens is 2. The Kier molecular flexibility index (Phi) is 6.90. The summed E-state index contributed by atoms with van der Waals surface area (Å²) in [5.41, 5.74) is 1.20. The molecular formula is C20H24N4O5S2. The molecule has 0 aliphatic heterocycles. The molecule has 3 aromatic rings. The van der Waals surface area contributed by atoms with Crippen molar-refractivity contribution < 1.29 is 22.7 Å². The Hall–Kier alpha value is -2.60. The number of hydrogen-bond donors (Lipinski definition) is 1. The van der Waals surface area contributed by atoms with Crippen LogP contribution in [0.5, 0.6) is 5.88 Å². The number of fused-ring (bicyclic) bond motifs is 1. The van der Waals surface area contributed by atoms with Crippen LogP contribution in [0.25, 0.3) is 10.2 Å². The molecule has 0 aliphatic carbocycles. The number of thiophene rings is 1. The quantitative estimate of drug-likeness (QED) is 0.545. The van der Waals surface area contributed by atoms with Gasteiger partial charge in [0.05, 0.1) is 22.3 Å². The number of carbonyl (C=O) groups excluding carboxylic acids is 1. The lowest BCUT2D eigenvalue weighted by molar-refractivity contribution is 0.0954. The van der Waals surface area contributed by atoms with Gasteiger partial charge >= 0.3 is 0 Å². The van der Waals surface area contributed by atoms with E-state index in [9.17, 15) is 13.2 Å². The maximum atomic E-state index is 12.9. The first-order valence-corrected chi connectivity index (χ1v) is 11.6. The largest absolute Gasteiger partial charge is 0.480 e. The van der Waals surface area contributed by atoms with Crippen molar-refractivity contribution in [2.24, 2.45) is 0 Å². The van der Waals surface area contributed by atoms with Gasteiger partial charge in [-0.05, 0) is 24.1 Å². The molecule has 3 rings (SSSR count). The average Bonchev–Trinajstić information content (AvgIpc) is 3.08. The molecule has 166 valence electrons. The number of ether oxygens (including phenoxy) is 2. The van der Waals surface area contributed by atoms with Crippen molar-refractivity contribution in [1.82, 2.24) is 19.6 Å². The van der Waals surface area contributed by atoms with Crippen molar-refractivity contribution >= 4 is 37.5 Å². The molecule has 0 bridgehead atoms. The Labute approximate surface area is 185 Å². The Morgan fingerprint density at radius 2 is 1.90 bits per heavy atom. The third-order valence-electron chi connectivity index (χ3n) is 4.65. The molecule has 9 nitrogen and oxygen atoms in total. The summed E-state index contributed by atoms with van der Waals surface area (Å²) in [5.74, 6) is 0.517. The van der Waals surface area contributed by atoms with E-state index in [1.165, 1.54) is 38.6 Å². The second kappa shape index (κ2) is 9.27. The van der Waals surface area contributed by atoms with Gasteiger partial charge in [0.2, 0.25) is 15.9 Å². The van der Waals surface area contributed by atoms with E-state index < -0.39 is 10.0 Å². The number of benzene rings is 1. The van der Waals surface area contributed by atoms with Crippen molar-refractivity contribution in [3.63, 3.8) is 0 Å². The predicted molar refractivity (Wildman–Crippen MR) is 118 cm³/mol. The van der Waals surface area contributed by atoms with E-state index in [4.69, 9.17) is 9.47 Å². The zero-order valence-electron chi connectivity index (χ0n) is 17.9. The summed E-state index contributed by atoms with van der Waals surface area (Å²) in [7, 11) is 2.37. The smallest absolute Gasteiger partial charge is 0.261 e. The minimum atomic E-state index is -3.63. The Balaban J connectivity index is 1.91. The van der Waals surface area contributed by atoms with E-state index in [-0.39, 0.29) is 24.0 Å². The van der Waals surface area contributed by atoms with Crippen LogP contribution in [0.4, 0.5) is 0 Å². The molecule has 2 heterocycles. The van der Waals surface area contributed by atoms with Crippen molar-refractivity contribution in [3.8, 4) is 5.88 Å². The minimum absolute atomic E-state index is 0.0630. The molecule has 0 saturated carbocycles. The SMILES string of the molecule is COCc1nc(OC)c2c(C)c(C(=O)NCc3ccccc3S(=O)(=O)N(C)C)sc2n1. The Bertz CT molecular complexity index is 1220. The normalized spacial score (nSPS) is 11.8. The van der Waals surface area contributed by atoms with E-state index in [1.807, 2.05) is 0 Å². The second-order valence-corrected chi connectivity index (χ2v) is 10.0. The topological polar surface area (TPSA) is 111 Å². The van der Waals surface area contributed by atoms with Crippen LogP contribution >= 0.6 is 11.3 Å². The molecular weight excluding hydrogens is 440 g/mol. The summed E-state index contributed by atoms with van der Waals surface area (Å²) in [6.45, 7) is 2.09. The number of nitrogens with one attached hydrogen (secondary N) is 1. The van der Waals surface area contributed by atoms with E-state index in [0.717, 1.165) is 4.31 Å². The van der Waals surface area contributed by atoms with Gasteiger partial charge in [-0.1, -0.05) is 18.2 Å². The van der Waals surface area contributed by atoms with E-state index >= 15 is 0 Å². The van der Waals surface area contributed by atoms with Crippen molar-refractivity contribution in [2.75, 3.05) is 28.3 Å². The highest BCUT2D eigenvalue weighted by Crippen LogP contribution is 2.35. The lowest BCUT2D eigenvalue weighted by Crippen LogP contribution is -2.27. The number of nitrogens with zero attached hydrogens (tertiary/aromatic N) is 3. The molecule has 0 saturated heterocycles. The highest BCUT2D eigenvalue weighted by atomic mass is 32.2. The molecule has 2 aromatic heterocycles. The van der Waals surface area contributed by atoms with Crippen LogP contribution in [0.1, 0.15) is 26.6 Å². The number of rotatable bonds is 8. The summed E-state index contributed by atoms with van der Waals surface area (Å²) in [5, 5.41) is 3.49. The van der Waals surface area contributed by atoms with Gasteiger partial charge in [-0.25, -0.2) is 17.7 Å². The van der Waals surface area contributed by atoms with Crippen LogP contribution in [0.3, 0.4) is 0 Å². The second-order valence-electron chi connectivity index (χ2n) is 6.90. The van der Waals surface area contributed by atoms with Crippen molar-refractivity contribution in [3.05, 3.63) is 46.1 Å². The number of sulfonamides is 1. The fourth-order valence-corrected chi connectivity index (χ4v) is 5.28. The molecule has 0 unspecified atom stereocenters. The van der Waals surface area contributed by atoms with Gasteiger partial charge in [-0.3, -0.25) is 4.79 Å². The molecule has 1 amide bonds. The molecule has 0 spiro atoms. The third-order valence-corrected chi connectivity index (χ3v) is 7.75. The van der Waals surface area contributed by atoms with Crippen LogP contribution in [0.2, 0.25) is 0 Å². The van der Waals surface area contributed by atoms with E-state index in [2.05, 4.69) is 15.3 Å². The van der Waals surface area contributed by atoms with Crippen molar-refractivity contribution in [2.45, 2.75) is 25.0 Å². The Morgan fingerprint density at radius 1 is 1.19 bits per heavy atom. The number of amides is 1. The highest BCUT2D eigenvalue weighted by molar-refractivity contribution is 7.89. The van der Waals surface area contributed by atoms with Gasteiger partial charge < -0.3 is 14.8 Å². The summed E-state index contributed by atoms with van der Waals surface area (Å²) in [6, 6.07) is 6.60. The first kappa shape index (κ1) is 23.1. The maximum Gasteiger partial charge on any atom is 0.261 e. The molecule has 0 atom stereocenters. The fraction of sp³-hybridized carbons (Fsp3) is 0.350. The van der Waals surface area contributed by atoms with Crippen LogP contribution in [0.15, 0.2) is 29.2 Å². The van der Waals surface area contributed by atoms with Crippen molar-refractivity contribution in [1.29, 1.82) is 0 Å². The van der Waals surface area contributed by atoms with Crippen LogP contribution in [-0.4, -0.2) is 56.9 Å². The molecule has 1 aromatic carbocycles. The number of methoxy groups -OCH3 is 2. The summed E-state index contributed by atoms with van der Waals surface area (Å²) < 4.78 is 36.8. The van der Waals surface area contributed by atoms with Crippen LogP contribution in [-0.2, 0) is 27.9 Å². The van der Waals surface area contributed by atoms with E-state index in [0.29, 0.717) is 37.9 Å². The van der Waals surface area contributed by atoms with Gasteiger partial charge in [-0.15, -0.1) is 11.3 Å². The fourth-order valence-electron chi connectivity index (χ4n) is 3.06. The molecule has 11 heteroatoms. The monoisotopic (exact) mass is 464 g/mol. The number of carbonyl (C=O) groups is 1. The molecule has 31 heavy (non-hydrogen) atoms. The maximum absolute atomic E-state index is 12.9. The first-order valence-electron chi connectivity index (χ1n) is 9.32. The van der Waals surface area contributed by atoms with Gasteiger partial charge in [0.25, 0.3) is 5.91 Å². The average molecular weight is 465 g/mol. The molecule has 0 aliphatic rings. The third kappa shape index (κ3) is 4.54. The molecule has 1 N–H and O–H groups in total. The van der Waals surface area contributed by atoms with Crippen LogP contribution < -0.4 is 10.1 Å². The number of aryl methyl sites for hydroxylation is 1. The van der Waals surface area contributed by atoms with Gasteiger partial charge in [-0.2, -0.15) is 4.98 Å². The van der Waals surface area contributed by atoms with Gasteiger partial charge in [0.1, 0.15) is 11.4 Å². The zero-order valence-corrected chi connectivity index (χ0v) is 19.6. The lowest BCUT2D eigenvalue weighted by atomic mass is 10.2. The lowest BCUT2D eigenvalue weighted by Gasteiger charge is -2.15. The first-order chi connectivity index (χ1) is 14.7.